The number of hydrogen-bond acceptors (Lipinski definition) is 8. The minimum absolute atomic E-state index is 0.1000. The molecule has 0 saturated carbocycles. The molecule has 3 aromatic rings. The van der Waals surface area contributed by atoms with Gasteiger partial charge in [-0.25, -0.2) is 23.4 Å². The van der Waals surface area contributed by atoms with Crippen molar-refractivity contribution in [2.75, 3.05) is 29.6 Å². The van der Waals surface area contributed by atoms with Crippen molar-refractivity contribution in [3.05, 3.63) is 42.7 Å². The number of anilines is 3. The van der Waals surface area contributed by atoms with Crippen LogP contribution in [0.15, 0.2) is 47.6 Å². The highest BCUT2D eigenvalue weighted by molar-refractivity contribution is 7.90. The van der Waals surface area contributed by atoms with Gasteiger partial charge in [0.25, 0.3) is 0 Å². The van der Waals surface area contributed by atoms with Crippen molar-refractivity contribution in [1.82, 2.24) is 15.0 Å². The first-order valence-corrected chi connectivity index (χ1v) is 11.2. The Morgan fingerprint density at radius 1 is 1.14 bits per heavy atom. The maximum atomic E-state index is 11.6. The highest BCUT2D eigenvalue weighted by Gasteiger charge is 2.22. The van der Waals surface area contributed by atoms with Crippen molar-refractivity contribution in [3.8, 4) is 6.07 Å². The predicted molar refractivity (Wildman–Crippen MR) is 111 cm³/mol. The van der Waals surface area contributed by atoms with Gasteiger partial charge in [-0.1, -0.05) is 0 Å². The number of sulfone groups is 1. The second-order valence-corrected chi connectivity index (χ2v) is 9.09. The molecule has 1 aliphatic heterocycles. The Kier molecular flexibility index (Phi) is 5.03. The Hall–Kier alpha value is -3.25. The van der Waals surface area contributed by atoms with E-state index in [0.29, 0.717) is 11.6 Å². The van der Waals surface area contributed by atoms with Crippen LogP contribution < -0.4 is 10.2 Å². The van der Waals surface area contributed by atoms with Crippen LogP contribution in [0.25, 0.3) is 10.9 Å². The quantitative estimate of drug-likeness (QED) is 0.701. The third-order valence-electron chi connectivity index (χ3n) is 5.00. The van der Waals surface area contributed by atoms with E-state index < -0.39 is 9.84 Å². The standard InChI is InChI=1S/C20H20N6O2S/c1-29(27,28)17-4-2-16(3-5-17)24-20-23-13-15-6-9-22-19(18(15)25-20)26-10-7-14(12-21)8-11-26/h2-6,9,13-14H,7-8,10-11H2,1H3,(H,23,24,25). The van der Waals surface area contributed by atoms with Crippen LogP contribution >= 0.6 is 0 Å². The van der Waals surface area contributed by atoms with Gasteiger partial charge in [0.05, 0.1) is 11.0 Å². The Morgan fingerprint density at radius 2 is 1.86 bits per heavy atom. The lowest BCUT2D eigenvalue weighted by atomic mass is 9.98. The number of nitriles is 1. The van der Waals surface area contributed by atoms with Crippen LogP contribution in [0.4, 0.5) is 17.5 Å². The summed E-state index contributed by atoms with van der Waals surface area (Å²) in [6.07, 6.45) is 6.29. The number of nitrogens with one attached hydrogen (secondary N) is 1. The molecule has 1 aliphatic rings. The van der Waals surface area contributed by atoms with Gasteiger partial charge in [-0.15, -0.1) is 0 Å². The van der Waals surface area contributed by atoms with Crippen LogP contribution in [0, 0.1) is 17.2 Å². The van der Waals surface area contributed by atoms with E-state index >= 15 is 0 Å². The SMILES string of the molecule is CS(=O)(=O)c1ccc(Nc2ncc3ccnc(N4CCC(C#N)CC4)c3n2)cc1. The maximum Gasteiger partial charge on any atom is 0.227 e. The molecular weight excluding hydrogens is 388 g/mol. The summed E-state index contributed by atoms with van der Waals surface area (Å²) < 4.78 is 23.2. The number of hydrogen-bond donors (Lipinski definition) is 1. The van der Waals surface area contributed by atoms with Crippen LogP contribution in [-0.2, 0) is 9.84 Å². The van der Waals surface area contributed by atoms with Crippen molar-refractivity contribution >= 4 is 38.2 Å². The number of fused-ring (bicyclic) bond motifs is 1. The first kappa shape index (κ1) is 19.1. The molecule has 3 heterocycles. The Labute approximate surface area is 169 Å². The number of pyridine rings is 1. The zero-order chi connectivity index (χ0) is 20.4. The maximum absolute atomic E-state index is 11.6. The highest BCUT2D eigenvalue weighted by Crippen LogP contribution is 2.28. The minimum atomic E-state index is -3.24. The molecule has 29 heavy (non-hydrogen) atoms. The van der Waals surface area contributed by atoms with Crippen molar-refractivity contribution in [2.24, 2.45) is 5.92 Å². The average Bonchev–Trinajstić information content (AvgIpc) is 2.73. The van der Waals surface area contributed by atoms with Crippen LogP contribution in [0.5, 0.6) is 0 Å². The molecule has 148 valence electrons. The molecule has 0 bridgehead atoms. The van der Waals surface area contributed by atoms with Crippen molar-refractivity contribution in [3.63, 3.8) is 0 Å². The molecule has 9 heteroatoms. The summed E-state index contributed by atoms with van der Waals surface area (Å²) in [5.74, 6) is 1.30. The lowest BCUT2D eigenvalue weighted by molar-refractivity contribution is 0.486. The summed E-state index contributed by atoms with van der Waals surface area (Å²) in [7, 11) is -3.24. The van der Waals surface area contributed by atoms with E-state index in [1.807, 2.05) is 6.07 Å². The van der Waals surface area contributed by atoms with Gasteiger partial charge in [0.2, 0.25) is 5.95 Å². The molecule has 0 spiro atoms. The highest BCUT2D eigenvalue weighted by atomic mass is 32.2. The fraction of sp³-hybridized carbons (Fsp3) is 0.300. The van der Waals surface area contributed by atoms with Crippen LogP contribution in [0.2, 0.25) is 0 Å². The molecule has 0 radical (unpaired) electrons. The van der Waals surface area contributed by atoms with Crippen molar-refractivity contribution < 1.29 is 8.42 Å². The smallest absolute Gasteiger partial charge is 0.227 e. The van der Waals surface area contributed by atoms with Gasteiger partial charge in [-0.3, -0.25) is 0 Å². The topological polar surface area (TPSA) is 112 Å². The van der Waals surface area contributed by atoms with E-state index in [0.717, 1.165) is 42.7 Å². The molecule has 1 saturated heterocycles. The number of nitrogens with zero attached hydrogens (tertiary/aromatic N) is 5. The molecule has 2 aromatic heterocycles. The molecular formula is C20H20N6O2S. The number of rotatable bonds is 4. The Balaban J connectivity index is 1.61. The third-order valence-corrected chi connectivity index (χ3v) is 6.12. The molecule has 8 nitrogen and oxygen atoms in total. The molecule has 0 atom stereocenters. The van der Waals surface area contributed by atoms with Gasteiger partial charge in [0.15, 0.2) is 15.7 Å². The predicted octanol–water partition coefficient (Wildman–Crippen LogP) is 2.91. The van der Waals surface area contributed by atoms with Crippen LogP contribution in [0.1, 0.15) is 12.8 Å². The van der Waals surface area contributed by atoms with E-state index in [1.165, 1.54) is 6.26 Å². The summed E-state index contributed by atoms with van der Waals surface area (Å²) in [5, 5.41) is 13.1. The number of piperidine rings is 1. The first-order chi connectivity index (χ1) is 13.9. The molecule has 1 fully saturated rings. The lowest BCUT2D eigenvalue weighted by Crippen LogP contribution is -2.34. The molecule has 1 aromatic carbocycles. The largest absolute Gasteiger partial charge is 0.355 e. The van der Waals surface area contributed by atoms with E-state index in [1.54, 1.807) is 36.7 Å². The van der Waals surface area contributed by atoms with Crippen LogP contribution in [-0.4, -0.2) is 42.7 Å². The lowest BCUT2D eigenvalue weighted by Gasteiger charge is -2.30. The molecule has 4 rings (SSSR count). The van der Waals surface area contributed by atoms with E-state index in [4.69, 9.17) is 5.26 Å². The van der Waals surface area contributed by atoms with Crippen LogP contribution in [0.3, 0.4) is 0 Å². The Bertz CT molecular complexity index is 1180. The van der Waals surface area contributed by atoms with Gasteiger partial charge in [0, 0.05) is 48.7 Å². The average molecular weight is 408 g/mol. The molecule has 0 amide bonds. The van der Waals surface area contributed by atoms with Gasteiger partial charge in [-0.05, 0) is 43.2 Å². The molecule has 1 N–H and O–H groups in total. The fourth-order valence-electron chi connectivity index (χ4n) is 3.37. The van der Waals surface area contributed by atoms with E-state index in [2.05, 4.69) is 31.2 Å². The monoisotopic (exact) mass is 408 g/mol. The zero-order valence-electron chi connectivity index (χ0n) is 15.9. The normalized spacial score (nSPS) is 15.2. The van der Waals surface area contributed by atoms with Gasteiger partial charge in [-0.2, -0.15) is 5.26 Å². The number of benzene rings is 1. The zero-order valence-corrected chi connectivity index (χ0v) is 16.7. The Morgan fingerprint density at radius 3 is 2.52 bits per heavy atom. The van der Waals surface area contributed by atoms with E-state index in [-0.39, 0.29) is 10.8 Å². The van der Waals surface area contributed by atoms with Crippen molar-refractivity contribution in [1.29, 1.82) is 5.26 Å². The fourth-order valence-corrected chi connectivity index (χ4v) is 4.00. The summed E-state index contributed by atoms with van der Waals surface area (Å²) in [4.78, 5) is 15.9. The van der Waals surface area contributed by atoms with Gasteiger partial charge in [0.1, 0.15) is 5.52 Å². The summed E-state index contributed by atoms with van der Waals surface area (Å²) in [6.45, 7) is 1.54. The molecule has 0 aliphatic carbocycles. The third kappa shape index (κ3) is 4.12. The minimum Gasteiger partial charge on any atom is -0.355 e. The van der Waals surface area contributed by atoms with Crippen molar-refractivity contribution in [2.45, 2.75) is 17.7 Å². The summed E-state index contributed by atoms with van der Waals surface area (Å²) in [6, 6.07) is 10.7. The number of aromatic nitrogens is 3. The summed E-state index contributed by atoms with van der Waals surface area (Å²) >= 11 is 0. The second kappa shape index (κ2) is 7.64. The first-order valence-electron chi connectivity index (χ1n) is 9.27. The van der Waals surface area contributed by atoms with Gasteiger partial charge >= 0.3 is 0 Å². The summed E-state index contributed by atoms with van der Waals surface area (Å²) in [5.41, 5.74) is 1.44. The second-order valence-electron chi connectivity index (χ2n) is 7.08. The molecule has 0 unspecified atom stereocenters. The van der Waals surface area contributed by atoms with E-state index in [9.17, 15) is 8.42 Å². The van der Waals surface area contributed by atoms with Gasteiger partial charge < -0.3 is 10.2 Å².